The molecule has 2 rings (SSSR count). The molecule has 1 fully saturated rings. The van der Waals surface area contributed by atoms with Gasteiger partial charge in [0.15, 0.2) is 0 Å². The van der Waals surface area contributed by atoms with Crippen LogP contribution in [0.4, 0.5) is 5.69 Å². The summed E-state index contributed by atoms with van der Waals surface area (Å²) in [7, 11) is 0. The molecule has 3 unspecified atom stereocenters. The van der Waals surface area contributed by atoms with E-state index in [1.165, 1.54) is 0 Å². The molecule has 1 aromatic rings. The fraction of sp³-hybridized carbons (Fsp3) is 0.467. The third kappa shape index (κ3) is 4.11. The van der Waals surface area contributed by atoms with Crippen LogP contribution in [0.15, 0.2) is 18.2 Å². The fourth-order valence-corrected chi connectivity index (χ4v) is 2.38. The molecule has 1 aromatic carbocycles. The largest absolute Gasteiger partial charge is 0.353 e. The molecule has 114 valence electrons. The summed E-state index contributed by atoms with van der Waals surface area (Å²) in [6, 6.07) is 5.00. The van der Waals surface area contributed by atoms with Crippen LogP contribution in [0.5, 0.6) is 0 Å². The van der Waals surface area contributed by atoms with E-state index >= 15 is 0 Å². The van der Waals surface area contributed by atoms with Crippen molar-refractivity contribution in [3.8, 4) is 0 Å². The molecule has 3 atom stereocenters. The maximum Gasteiger partial charge on any atom is 0.228 e. The van der Waals surface area contributed by atoms with Crippen molar-refractivity contribution in [3.05, 3.63) is 28.2 Å². The van der Waals surface area contributed by atoms with Crippen LogP contribution in [0.25, 0.3) is 0 Å². The van der Waals surface area contributed by atoms with Gasteiger partial charge in [0, 0.05) is 11.1 Å². The summed E-state index contributed by atoms with van der Waals surface area (Å²) in [5, 5.41) is 6.55. The third-order valence-electron chi connectivity index (χ3n) is 3.65. The second-order valence-electron chi connectivity index (χ2n) is 5.38. The Morgan fingerprint density at radius 1 is 1.29 bits per heavy atom. The van der Waals surface area contributed by atoms with E-state index in [0.29, 0.717) is 22.2 Å². The second-order valence-corrected chi connectivity index (χ2v) is 6.22. The number of carbonyl (C=O) groups is 2. The highest BCUT2D eigenvalue weighted by Gasteiger charge is 2.48. The van der Waals surface area contributed by atoms with Gasteiger partial charge >= 0.3 is 0 Å². The lowest BCUT2D eigenvalue weighted by atomic mass is 10.2. The minimum absolute atomic E-state index is 0.0540. The van der Waals surface area contributed by atoms with Crippen LogP contribution in [0.1, 0.15) is 26.7 Å². The Balaban J connectivity index is 1.91. The lowest BCUT2D eigenvalue weighted by Gasteiger charge is -2.11. The fourth-order valence-electron chi connectivity index (χ4n) is 2.05. The summed E-state index contributed by atoms with van der Waals surface area (Å²) >= 11 is 11.9. The molecule has 0 spiro atoms. The molecule has 0 radical (unpaired) electrons. The van der Waals surface area contributed by atoms with Crippen LogP contribution in [-0.4, -0.2) is 17.9 Å². The Hall–Kier alpha value is -1.26. The Morgan fingerprint density at radius 3 is 2.62 bits per heavy atom. The summed E-state index contributed by atoms with van der Waals surface area (Å²) in [6.45, 7) is 3.95. The molecular weight excluding hydrogens is 311 g/mol. The van der Waals surface area contributed by atoms with Crippen LogP contribution in [0.2, 0.25) is 10.0 Å². The van der Waals surface area contributed by atoms with E-state index in [1.54, 1.807) is 18.2 Å². The van der Waals surface area contributed by atoms with Crippen LogP contribution < -0.4 is 10.6 Å². The summed E-state index contributed by atoms with van der Waals surface area (Å²) in [5.74, 6) is -0.772. The number of hydrogen-bond acceptors (Lipinski definition) is 2. The predicted molar refractivity (Wildman–Crippen MR) is 84.6 cm³/mol. The Bertz CT molecular complexity index is 563. The van der Waals surface area contributed by atoms with Crippen LogP contribution >= 0.6 is 23.2 Å². The molecule has 2 N–H and O–H groups in total. The molecule has 0 heterocycles. The standard InChI is InChI=1S/C15H18Cl2N2O2/c1-3-8(2)18-14(20)10-7-11(10)15(21)19-13-6-9(16)4-5-12(13)17/h4-6,8,10-11H,3,7H2,1-2H3,(H,18,20)(H,19,21). The van der Waals surface area contributed by atoms with Crippen molar-refractivity contribution in [2.75, 3.05) is 5.32 Å². The van der Waals surface area contributed by atoms with Crippen molar-refractivity contribution in [1.82, 2.24) is 5.32 Å². The van der Waals surface area contributed by atoms with E-state index in [-0.39, 0.29) is 29.7 Å². The molecule has 0 aromatic heterocycles. The smallest absolute Gasteiger partial charge is 0.228 e. The summed E-state index contributed by atoms with van der Waals surface area (Å²) in [4.78, 5) is 24.0. The number of anilines is 1. The maximum absolute atomic E-state index is 12.1. The zero-order chi connectivity index (χ0) is 15.6. The monoisotopic (exact) mass is 328 g/mol. The summed E-state index contributed by atoms with van der Waals surface area (Å²) < 4.78 is 0. The highest BCUT2D eigenvalue weighted by molar-refractivity contribution is 6.35. The lowest BCUT2D eigenvalue weighted by molar-refractivity contribution is -0.125. The van der Waals surface area contributed by atoms with Crippen LogP contribution in [0.3, 0.4) is 0 Å². The number of amides is 2. The van der Waals surface area contributed by atoms with Gasteiger partial charge in [0.25, 0.3) is 0 Å². The van der Waals surface area contributed by atoms with E-state index in [1.807, 2.05) is 13.8 Å². The third-order valence-corrected chi connectivity index (χ3v) is 4.22. The predicted octanol–water partition coefficient (Wildman–Crippen LogP) is 3.48. The first-order valence-electron chi connectivity index (χ1n) is 6.98. The van der Waals surface area contributed by atoms with Crippen molar-refractivity contribution in [3.63, 3.8) is 0 Å². The van der Waals surface area contributed by atoms with Crippen molar-refractivity contribution in [1.29, 1.82) is 0 Å². The molecule has 1 saturated carbocycles. The molecule has 0 aliphatic heterocycles. The molecule has 6 heteroatoms. The van der Waals surface area contributed by atoms with E-state index in [0.717, 1.165) is 6.42 Å². The minimum atomic E-state index is -0.288. The number of hydrogen-bond donors (Lipinski definition) is 2. The first-order valence-corrected chi connectivity index (χ1v) is 7.74. The molecule has 4 nitrogen and oxygen atoms in total. The Kier molecular flexibility index (Phi) is 5.12. The molecule has 1 aliphatic carbocycles. The van der Waals surface area contributed by atoms with Crippen molar-refractivity contribution in [2.24, 2.45) is 11.8 Å². The highest BCUT2D eigenvalue weighted by atomic mass is 35.5. The molecular formula is C15H18Cl2N2O2. The van der Waals surface area contributed by atoms with E-state index in [2.05, 4.69) is 10.6 Å². The van der Waals surface area contributed by atoms with Gasteiger partial charge in [-0.2, -0.15) is 0 Å². The van der Waals surface area contributed by atoms with Crippen LogP contribution in [0, 0.1) is 11.8 Å². The average Bonchev–Trinajstić information content (AvgIpc) is 3.23. The topological polar surface area (TPSA) is 58.2 Å². The van der Waals surface area contributed by atoms with Gasteiger partial charge in [-0.1, -0.05) is 30.1 Å². The molecule has 2 amide bonds. The highest BCUT2D eigenvalue weighted by Crippen LogP contribution is 2.40. The van der Waals surface area contributed by atoms with Gasteiger partial charge < -0.3 is 10.6 Å². The van der Waals surface area contributed by atoms with Gasteiger partial charge in [0.1, 0.15) is 0 Å². The molecule has 0 saturated heterocycles. The number of nitrogens with one attached hydrogen (secondary N) is 2. The molecule has 1 aliphatic rings. The quantitative estimate of drug-likeness (QED) is 0.869. The number of rotatable bonds is 5. The second kappa shape index (κ2) is 6.67. The lowest BCUT2D eigenvalue weighted by Crippen LogP contribution is -2.34. The van der Waals surface area contributed by atoms with Gasteiger partial charge in [-0.3, -0.25) is 9.59 Å². The van der Waals surface area contributed by atoms with Crippen LogP contribution in [-0.2, 0) is 9.59 Å². The zero-order valence-electron chi connectivity index (χ0n) is 12.0. The van der Waals surface area contributed by atoms with E-state index < -0.39 is 0 Å². The normalized spacial score (nSPS) is 21.5. The van der Waals surface area contributed by atoms with Crippen molar-refractivity contribution >= 4 is 40.7 Å². The number of carbonyl (C=O) groups excluding carboxylic acids is 2. The van der Waals surface area contributed by atoms with Gasteiger partial charge in [0.2, 0.25) is 11.8 Å². The van der Waals surface area contributed by atoms with Crippen molar-refractivity contribution in [2.45, 2.75) is 32.7 Å². The number of benzene rings is 1. The Labute approximate surface area is 134 Å². The first kappa shape index (κ1) is 16.1. The minimum Gasteiger partial charge on any atom is -0.353 e. The summed E-state index contributed by atoms with van der Waals surface area (Å²) in [6.07, 6.45) is 1.44. The summed E-state index contributed by atoms with van der Waals surface area (Å²) in [5.41, 5.74) is 0.474. The maximum atomic E-state index is 12.1. The van der Waals surface area contributed by atoms with Gasteiger partial charge in [-0.05, 0) is 38.0 Å². The van der Waals surface area contributed by atoms with E-state index in [9.17, 15) is 9.59 Å². The number of halogens is 2. The zero-order valence-corrected chi connectivity index (χ0v) is 13.5. The Morgan fingerprint density at radius 2 is 1.95 bits per heavy atom. The van der Waals surface area contributed by atoms with Gasteiger partial charge in [0.05, 0.1) is 22.5 Å². The molecule has 0 bridgehead atoms. The molecule has 21 heavy (non-hydrogen) atoms. The van der Waals surface area contributed by atoms with Crippen molar-refractivity contribution < 1.29 is 9.59 Å². The van der Waals surface area contributed by atoms with E-state index in [4.69, 9.17) is 23.2 Å². The first-order chi connectivity index (χ1) is 9.92. The van der Waals surface area contributed by atoms with Gasteiger partial charge in [-0.25, -0.2) is 0 Å². The average molecular weight is 329 g/mol. The SMILES string of the molecule is CCC(C)NC(=O)C1CC1C(=O)Nc1cc(Cl)ccc1Cl. The van der Waals surface area contributed by atoms with Gasteiger partial charge in [-0.15, -0.1) is 0 Å².